The molecule has 3 rings (SSSR count). The van der Waals surface area contributed by atoms with E-state index in [0.29, 0.717) is 23.7 Å². The first-order valence-electron chi connectivity index (χ1n) is 11.2. The summed E-state index contributed by atoms with van der Waals surface area (Å²) in [7, 11) is 4.51. The van der Waals surface area contributed by atoms with Crippen molar-refractivity contribution in [3.8, 4) is 17.2 Å². The van der Waals surface area contributed by atoms with Crippen LogP contribution < -0.4 is 14.2 Å². The molecule has 178 valence electrons. The molecule has 0 saturated carbocycles. The summed E-state index contributed by atoms with van der Waals surface area (Å²) in [5.41, 5.74) is 1.05. The van der Waals surface area contributed by atoms with Crippen LogP contribution in [-0.2, 0) is 9.47 Å². The number of methoxy groups -OCH3 is 3. The number of hydrogen-bond donors (Lipinski definition) is 1. The summed E-state index contributed by atoms with van der Waals surface area (Å²) in [5.74, 6) is 0.449. The average molecular weight is 449 g/mol. The highest BCUT2D eigenvalue weighted by Gasteiger charge is 2.60. The number of carbonyl (C=O) groups is 1. The number of benzene rings is 1. The Kier molecular flexibility index (Phi) is 7.40. The molecule has 5 atom stereocenters. The van der Waals surface area contributed by atoms with Crippen molar-refractivity contribution >= 4 is 5.97 Å². The van der Waals surface area contributed by atoms with Crippen LogP contribution in [0.4, 0.5) is 0 Å². The van der Waals surface area contributed by atoms with E-state index in [1.807, 2.05) is 27.7 Å². The van der Waals surface area contributed by atoms with Gasteiger partial charge in [0.25, 0.3) is 0 Å². The van der Waals surface area contributed by atoms with Crippen molar-refractivity contribution in [2.24, 2.45) is 11.8 Å². The molecular formula is C25H36O7. The Hall–Kier alpha value is -2.25. The van der Waals surface area contributed by atoms with Crippen LogP contribution in [0.15, 0.2) is 23.8 Å². The monoisotopic (exact) mass is 448 g/mol. The van der Waals surface area contributed by atoms with Gasteiger partial charge < -0.3 is 28.8 Å². The third-order valence-electron chi connectivity index (χ3n) is 6.64. The highest BCUT2D eigenvalue weighted by Crippen LogP contribution is 2.48. The summed E-state index contributed by atoms with van der Waals surface area (Å²) in [4.78, 5) is 13.3. The van der Waals surface area contributed by atoms with Gasteiger partial charge in [0.15, 0.2) is 11.5 Å². The zero-order valence-corrected chi connectivity index (χ0v) is 20.1. The number of carbonyl (C=O) groups excluding carboxylic acids is 1. The van der Waals surface area contributed by atoms with Gasteiger partial charge in [0.1, 0.15) is 12.2 Å². The fourth-order valence-corrected chi connectivity index (χ4v) is 4.80. The Bertz CT molecular complexity index is 837. The van der Waals surface area contributed by atoms with Crippen LogP contribution in [-0.4, -0.2) is 56.3 Å². The standard InChI is InChI=1S/C25H36O7/c1-14(2)20-17(26)11-15(3)9-8-10-25(4)23(32-25)22(20)31-24(27)16-12-18(28-5)21(30-7)19(13-16)29-6/h9,12-14,17,20,22-23,26H,8,10-11H2,1-7H3. The van der Waals surface area contributed by atoms with Gasteiger partial charge in [0.05, 0.1) is 38.6 Å². The van der Waals surface area contributed by atoms with Crippen molar-refractivity contribution in [3.63, 3.8) is 0 Å². The molecule has 7 heteroatoms. The van der Waals surface area contributed by atoms with Crippen molar-refractivity contribution < 1.29 is 33.6 Å². The van der Waals surface area contributed by atoms with E-state index in [0.717, 1.165) is 18.4 Å². The molecule has 32 heavy (non-hydrogen) atoms. The summed E-state index contributed by atoms with van der Waals surface area (Å²) in [6.07, 6.45) is 2.95. The van der Waals surface area contributed by atoms with Gasteiger partial charge in [-0.2, -0.15) is 0 Å². The molecule has 0 spiro atoms. The number of epoxide rings is 1. The van der Waals surface area contributed by atoms with Gasteiger partial charge >= 0.3 is 5.97 Å². The molecule has 0 radical (unpaired) electrons. The van der Waals surface area contributed by atoms with E-state index < -0.39 is 18.2 Å². The van der Waals surface area contributed by atoms with Crippen molar-refractivity contribution in [3.05, 3.63) is 29.3 Å². The van der Waals surface area contributed by atoms with E-state index in [9.17, 15) is 9.90 Å². The van der Waals surface area contributed by atoms with E-state index in [2.05, 4.69) is 6.08 Å². The number of allylic oxidation sites excluding steroid dienone is 1. The van der Waals surface area contributed by atoms with Crippen LogP contribution in [0.5, 0.6) is 17.2 Å². The number of aliphatic hydroxyl groups is 1. The van der Waals surface area contributed by atoms with Gasteiger partial charge in [-0.1, -0.05) is 25.5 Å². The second kappa shape index (κ2) is 9.71. The van der Waals surface area contributed by atoms with E-state index >= 15 is 0 Å². The van der Waals surface area contributed by atoms with Crippen molar-refractivity contribution in [2.45, 2.75) is 70.9 Å². The zero-order valence-electron chi connectivity index (χ0n) is 20.1. The first kappa shape index (κ1) is 24.4. The molecule has 1 aliphatic heterocycles. The second-order valence-electron chi connectivity index (χ2n) is 9.32. The van der Waals surface area contributed by atoms with Crippen molar-refractivity contribution in [1.29, 1.82) is 0 Å². The normalized spacial score (nSPS) is 30.1. The molecule has 1 aromatic carbocycles. The predicted molar refractivity (Wildman–Crippen MR) is 121 cm³/mol. The molecule has 2 aliphatic rings. The first-order valence-corrected chi connectivity index (χ1v) is 11.2. The average Bonchev–Trinajstić information content (AvgIpc) is 3.42. The lowest BCUT2D eigenvalue weighted by atomic mass is 9.78. The smallest absolute Gasteiger partial charge is 0.338 e. The third-order valence-corrected chi connectivity index (χ3v) is 6.64. The molecule has 1 heterocycles. The van der Waals surface area contributed by atoms with Crippen molar-refractivity contribution in [2.75, 3.05) is 21.3 Å². The van der Waals surface area contributed by atoms with Gasteiger partial charge in [-0.05, 0) is 51.2 Å². The summed E-state index contributed by atoms with van der Waals surface area (Å²) in [5, 5.41) is 11.1. The Labute approximate surface area is 190 Å². The number of esters is 1. The van der Waals surface area contributed by atoms with E-state index in [1.54, 1.807) is 12.1 Å². The Morgan fingerprint density at radius 2 is 1.78 bits per heavy atom. The molecule has 1 aliphatic carbocycles. The van der Waals surface area contributed by atoms with Crippen LogP contribution >= 0.6 is 0 Å². The minimum atomic E-state index is -0.643. The van der Waals surface area contributed by atoms with E-state index in [1.165, 1.54) is 21.3 Å². The lowest BCUT2D eigenvalue weighted by Crippen LogP contribution is -2.44. The Balaban J connectivity index is 1.95. The molecule has 1 saturated heterocycles. The lowest BCUT2D eigenvalue weighted by molar-refractivity contribution is -0.0441. The Morgan fingerprint density at radius 3 is 2.31 bits per heavy atom. The van der Waals surface area contributed by atoms with E-state index in [4.69, 9.17) is 23.7 Å². The number of ether oxygens (including phenoxy) is 5. The fourth-order valence-electron chi connectivity index (χ4n) is 4.80. The van der Waals surface area contributed by atoms with Crippen LogP contribution in [0.2, 0.25) is 0 Å². The highest BCUT2D eigenvalue weighted by atomic mass is 16.6. The molecular weight excluding hydrogens is 412 g/mol. The molecule has 0 aromatic heterocycles. The Morgan fingerprint density at radius 1 is 1.16 bits per heavy atom. The van der Waals surface area contributed by atoms with Gasteiger partial charge in [-0.25, -0.2) is 4.79 Å². The summed E-state index contributed by atoms with van der Waals surface area (Å²) < 4.78 is 28.3. The zero-order chi connectivity index (χ0) is 23.6. The number of hydrogen-bond acceptors (Lipinski definition) is 7. The first-order chi connectivity index (χ1) is 15.1. The quantitative estimate of drug-likeness (QED) is 0.397. The van der Waals surface area contributed by atoms with E-state index in [-0.39, 0.29) is 29.1 Å². The number of aliphatic hydroxyl groups excluding tert-OH is 1. The van der Waals surface area contributed by atoms with Crippen molar-refractivity contribution in [1.82, 2.24) is 0 Å². The number of rotatable bonds is 6. The van der Waals surface area contributed by atoms with Crippen LogP contribution in [0.3, 0.4) is 0 Å². The number of fused-ring (bicyclic) bond motifs is 1. The highest BCUT2D eigenvalue weighted by molar-refractivity contribution is 5.91. The lowest BCUT2D eigenvalue weighted by Gasteiger charge is -2.34. The molecule has 1 N–H and O–H groups in total. The van der Waals surface area contributed by atoms with Crippen LogP contribution in [0, 0.1) is 11.8 Å². The largest absolute Gasteiger partial charge is 0.493 e. The fraction of sp³-hybridized carbons (Fsp3) is 0.640. The minimum Gasteiger partial charge on any atom is -0.493 e. The van der Waals surface area contributed by atoms with Gasteiger partial charge in [-0.15, -0.1) is 0 Å². The topological polar surface area (TPSA) is 86.8 Å². The van der Waals surface area contributed by atoms with Crippen LogP contribution in [0.1, 0.15) is 57.3 Å². The molecule has 5 unspecified atom stereocenters. The molecule has 0 amide bonds. The van der Waals surface area contributed by atoms with Gasteiger partial charge in [-0.3, -0.25) is 0 Å². The maximum Gasteiger partial charge on any atom is 0.338 e. The van der Waals surface area contributed by atoms with Gasteiger partial charge in [0, 0.05) is 5.92 Å². The molecule has 1 fully saturated rings. The maximum absolute atomic E-state index is 13.3. The molecule has 0 bridgehead atoms. The second-order valence-corrected chi connectivity index (χ2v) is 9.32. The summed E-state index contributed by atoms with van der Waals surface area (Å²) >= 11 is 0. The maximum atomic E-state index is 13.3. The minimum absolute atomic E-state index is 0.0865. The SMILES string of the molecule is COc1cc(C(=O)OC2C(C(C)C)C(O)CC(C)=CCCC3(C)OC23)cc(OC)c1OC. The summed E-state index contributed by atoms with van der Waals surface area (Å²) in [6, 6.07) is 3.15. The van der Waals surface area contributed by atoms with Crippen LogP contribution in [0.25, 0.3) is 0 Å². The molecule has 7 nitrogen and oxygen atoms in total. The predicted octanol–water partition coefficient (Wildman–Crippen LogP) is 4.16. The summed E-state index contributed by atoms with van der Waals surface area (Å²) in [6.45, 7) is 8.16. The third kappa shape index (κ3) is 4.89. The van der Waals surface area contributed by atoms with Gasteiger partial charge in [0.2, 0.25) is 5.75 Å². The molecule has 1 aromatic rings.